The van der Waals surface area contributed by atoms with Crippen molar-refractivity contribution in [3.8, 4) is 0 Å². The van der Waals surface area contributed by atoms with E-state index in [0.717, 1.165) is 18.9 Å². The molecule has 0 aromatic rings. The van der Waals surface area contributed by atoms with Crippen molar-refractivity contribution in [3.05, 3.63) is 0 Å². The van der Waals surface area contributed by atoms with Gasteiger partial charge < -0.3 is 16.4 Å². The second-order valence-corrected chi connectivity index (χ2v) is 6.20. The van der Waals surface area contributed by atoms with Crippen molar-refractivity contribution in [1.29, 1.82) is 0 Å². The van der Waals surface area contributed by atoms with Crippen molar-refractivity contribution >= 4 is 0 Å². The summed E-state index contributed by atoms with van der Waals surface area (Å²) in [7, 11) is 0. The average molecular weight is 288 g/mol. The van der Waals surface area contributed by atoms with Gasteiger partial charge in [0.05, 0.1) is 6.17 Å². The molecular formula is C17H39N3. The van der Waals surface area contributed by atoms with Crippen LogP contribution in [0.4, 0.5) is 0 Å². The number of nitrogens with one attached hydrogen (secondary N) is 2. The summed E-state index contributed by atoms with van der Waals surface area (Å²) in [6, 6.07) is 0. The van der Waals surface area contributed by atoms with Gasteiger partial charge in [-0.15, -0.1) is 0 Å². The molecule has 0 saturated carbocycles. The van der Waals surface area contributed by atoms with E-state index in [-0.39, 0.29) is 6.17 Å². The highest BCUT2D eigenvalue weighted by Crippen LogP contribution is 2.13. The van der Waals surface area contributed by atoms with E-state index in [9.17, 15) is 0 Å². The van der Waals surface area contributed by atoms with E-state index in [4.69, 9.17) is 5.73 Å². The van der Waals surface area contributed by atoms with Gasteiger partial charge in [-0.3, -0.25) is 0 Å². The summed E-state index contributed by atoms with van der Waals surface area (Å²) in [4.78, 5) is 0. The lowest BCUT2D eigenvalue weighted by atomic mass is 9.98. The molecule has 0 spiro atoms. The second-order valence-electron chi connectivity index (χ2n) is 6.20. The average Bonchev–Trinajstić information content (AvgIpc) is 2.43. The summed E-state index contributed by atoms with van der Waals surface area (Å²) in [6.45, 7) is 10.3. The molecule has 3 heteroatoms. The maximum Gasteiger partial charge on any atom is 0.0546 e. The molecule has 0 aliphatic carbocycles. The minimum Gasteiger partial charge on any atom is -0.317 e. The molecule has 4 N–H and O–H groups in total. The van der Waals surface area contributed by atoms with E-state index >= 15 is 0 Å². The lowest BCUT2D eigenvalue weighted by molar-refractivity contribution is 0.408. The standard InChI is InChI=1S/C17H39N3/c1-4-6-13-19-14-9-11-16(3)10-8-12-17(18)20-15-7-5-2/h16-17,19-20H,4-15,18H2,1-3H3/i19+2. The first-order chi connectivity index (χ1) is 9.70. The molecule has 0 radical (unpaired) electrons. The zero-order valence-corrected chi connectivity index (χ0v) is 14.2. The molecule has 2 atom stereocenters. The summed E-state index contributed by atoms with van der Waals surface area (Å²) in [5.74, 6) is 0.839. The van der Waals surface area contributed by atoms with E-state index in [1.165, 1.54) is 64.5 Å². The SMILES string of the molecule is CCCCNC(N)CCCC(C)CCC[16NH]CCCC. The summed E-state index contributed by atoms with van der Waals surface area (Å²) in [5.41, 5.74) is 6.05. The van der Waals surface area contributed by atoms with Crippen LogP contribution in [0, 0.1) is 5.92 Å². The van der Waals surface area contributed by atoms with E-state index in [0.29, 0.717) is 0 Å². The predicted molar refractivity (Wildman–Crippen MR) is 90.9 cm³/mol. The molecule has 0 aromatic carbocycles. The molecule has 0 bridgehead atoms. The van der Waals surface area contributed by atoms with Crippen LogP contribution in [0.15, 0.2) is 0 Å². The van der Waals surface area contributed by atoms with Gasteiger partial charge in [-0.05, 0) is 57.7 Å². The highest BCUT2D eigenvalue weighted by molar-refractivity contribution is 4.62. The minimum atomic E-state index is 0.199. The number of unbranched alkanes of at least 4 members (excludes halogenated alkanes) is 2. The Morgan fingerprint density at radius 2 is 1.55 bits per heavy atom. The molecule has 20 heavy (non-hydrogen) atoms. The summed E-state index contributed by atoms with van der Waals surface area (Å²) < 4.78 is 0. The fourth-order valence-corrected chi connectivity index (χ4v) is 2.40. The zero-order valence-electron chi connectivity index (χ0n) is 14.2. The first-order valence-electron chi connectivity index (χ1n) is 8.90. The number of hydrogen-bond donors (Lipinski definition) is 3. The van der Waals surface area contributed by atoms with Gasteiger partial charge in [0.1, 0.15) is 0 Å². The Labute approximate surface area is 127 Å². The largest absolute Gasteiger partial charge is 0.317 e. The van der Waals surface area contributed by atoms with Crippen LogP contribution in [-0.4, -0.2) is 25.8 Å². The van der Waals surface area contributed by atoms with Gasteiger partial charge in [-0.2, -0.15) is 0 Å². The number of nitrogens with two attached hydrogens (primary N) is 1. The van der Waals surface area contributed by atoms with Crippen molar-refractivity contribution in [2.45, 2.75) is 84.7 Å². The Morgan fingerprint density at radius 3 is 2.25 bits per heavy atom. The maximum absolute atomic E-state index is 6.05. The van der Waals surface area contributed by atoms with Gasteiger partial charge >= 0.3 is 0 Å². The predicted octanol–water partition coefficient (Wildman–Crippen LogP) is 3.64. The van der Waals surface area contributed by atoms with Crippen LogP contribution in [0.25, 0.3) is 0 Å². The Hall–Kier alpha value is -0.120. The van der Waals surface area contributed by atoms with Crippen molar-refractivity contribution in [2.24, 2.45) is 11.7 Å². The molecule has 0 aliphatic rings. The third-order valence-corrected chi connectivity index (χ3v) is 3.91. The third-order valence-electron chi connectivity index (χ3n) is 3.91. The molecular weight excluding hydrogens is 248 g/mol. The smallest absolute Gasteiger partial charge is 0.0546 e. The highest BCUT2D eigenvalue weighted by atomic mass is 16.5. The molecule has 122 valence electrons. The Kier molecular flexibility index (Phi) is 15.2. The van der Waals surface area contributed by atoms with E-state index in [1.807, 2.05) is 0 Å². The topological polar surface area (TPSA) is 50.1 Å². The van der Waals surface area contributed by atoms with Gasteiger partial charge in [0, 0.05) is 0 Å². The van der Waals surface area contributed by atoms with Crippen LogP contribution < -0.4 is 16.4 Å². The normalized spacial score (nSPS) is 14.4. The monoisotopic (exact) mass is 287 g/mol. The van der Waals surface area contributed by atoms with E-state index in [1.54, 1.807) is 0 Å². The molecule has 0 saturated heterocycles. The fraction of sp³-hybridized carbons (Fsp3) is 1.00. The van der Waals surface area contributed by atoms with Crippen LogP contribution in [-0.2, 0) is 0 Å². The van der Waals surface area contributed by atoms with Gasteiger partial charge in [-0.25, -0.2) is 0 Å². The van der Waals surface area contributed by atoms with Gasteiger partial charge in [0.2, 0.25) is 0 Å². The quantitative estimate of drug-likeness (QED) is 0.318. The lowest BCUT2D eigenvalue weighted by Crippen LogP contribution is -2.37. The first-order valence-corrected chi connectivity index (χ1v) is 8.90. The zero-order chi connectivity index (χ0) is 15.1. The molecule has 2 unspecified atom stereocenters. The molecule has 0 aliphatic heterocycles. The highest BCUT2D eigenvalue weighted by Gasteiger charge is 2.05. The summed E-state index contributed by atoms with van der Waals surface area (Å²) in [6.07, 6.45) is 11.6. The van der Waals surface area contributed by atoms with E-state index in [2.05, 4.69) is 31.4 Å². The second kappa shape index (κ2) is 15.3. The summed E-state index contributed by atoms with van der Waals surface area (Å²) >= 11 is 0. The van der Waals surface area contributed by atoms with Crippen molar-refractivity contribution < 1.29 is 0 Å². The third kappa shape index (κ3) is 14.3. The van der Waals surface area contributed by atoms with Crippen molar-refractivity contribution in [2.75, 3.05) is 19.6 Å². The Bertz CT molecular complexity index is 185. The lowest BCUT2D eigenvalue weighted by Gasteiger charge is -2.15. The van der Waals surface area contributed by atoms with Crippen LogP contribution in [0.1, 0.15) is 78.6 Å². The molecule has 0 rings (SSSR count). The van der Waals surface area contributed by atoms with Crippen molar-refractivity contribution in [1.82, 2.24) is 10.6 Å². The molecule has 3 nitrogen and oxygen atoms in total. The summed E-state index contributed by atoms with van der Waals surface area (Å²) in [5, 5.41) is 6.91. The van der Waals surface area contributed by atoms with Crippen LogP contribution in [0.2, 0.25) is 0 Å². The fourth-order valence-electron chi connectivity index (χ4n) is 2.40. The molecule has 0 aromatic heterocycles. The minimum absolute atomic E-state index is 0.199. The molecule has 0 fully saturated rings. The molecule has 0 amide bonds. The van der Waals surface area contributed by atoms with Crippen LogP contribution >= 0.6 is 0 Å². The number of rotatable bonds is 15. The van der Waals surface area contributed by atoms with Crippen molar-refractivity contribution in [3.63, 3.8) is 0 Å². The maximum atomic E-state index is 6.05. The Balaban J connectivity index is 3.28. The van der Waals surface area contributed by atoms with Gasteiger partial charge in [0.25, 0.3) is 0 Å². The Morgan fingerprint density at radius 1 is 0.900 bits per heavy atom. The van der Waals surface area contributed by atoms with Crippen LogP contribution in [0.5, 0.6) is 0 Å². The van der Waals surface area contributed by atoms with Gasteiger partial charge in [-0.1, -0.05) is 46.5 Å². The van der Waals surface area contributed by atoms with Crippen LogP contribution in [0.3, 0.4) is 0 Å². The first kappa shape index (κ1) is 19.9. The van der Waals surface area contributed by atoms with Gasteiger partial charge in [0.15, 0.2) is 0 Å². The van der Waals surface area contributed by atoms with E-state index < -0.39 is 0 Å². The molecule has 0 heterocycles. The number of hydrogen-bond acceptors (Lipinski definition) is 3.